The van der Waals surface area contributed by atoms with Crippen molar-refractivity contribution in [3.63, 3.8) is 0 Å². The highest BCUT2D eigenvalue weighted by molar-refractivity contribution is 4.91. The van der Waals surface area contributed by atoms with Crippen molar-refractivity contribution in [2.45, 2.75) is 44.6 Å². The van der Waals surface area contributed by atoms with Crippen molar-refractivity contribution in [2.24, 2.45) is 5.73 Å². The summed E-state index contributed by atoms with van der Waals surface area (Å²) < 4.78 is 0. The Balaban J connectivity index is 2.42. The highest BCUT2D eigenvalue weighted by atomic mass is 15.0. The Bertz CT molecular complexity index is 101. The van der Waals surface area contributed by atoms with Gasteiger partial charge in [0.25, 0.3) is 0 Å². The summed E-state index contributed by atoms with van der Waals surface area (Å²) in [7, 11) is 0. The molecule has 1 heterocycles. The van der Waals surface area contributed by atoms with Crippen LogP contribution in [0.15, 0.2) is 0 Å². The van der Waals surface area contributed by atoms with Crippen molar-refractivity contribution in [1.82, 2.24) is 5.32 Å². The lowest BCUT2D eigenvalue weighted by molar-refractivity contribution is 0.243. The number of hydrogen-bond donors (Lipinski definition) is 2. The van der Waals surface area contributed by atoms with Crippen molar-refractivity contribution in [3.8, 4) is 0 Å². The molecule has 2 nitrogen and oxygen atoms in total. The largest absolute Gasteiger partial charge is 0.329 e. The van der Waals surface area contributed by atoms with Crippen molar-refractivity contribution in [3.05, 3.63) is 0 Å². The van der Waals surface area contributed by atoms with Crippen LogP contribution >= 0.6 is 0 Å². The average Bonchev–Trinajstić information content (AvgIpc) is 2.07. The summed E-state index contributed by atoms with van der Waals surface area (Å²) in [6.45, 7) is 4.20. The van der Waals surface area contributed by atoms with Crippen LogP contribution < -0.4 is 11.1 Å². The Morgan fingerprint density at radius 1 is 1.45 bits per heavy atom. The summed E-state index contributed by atoms with van der Waals surface area (Å²) in [4.78, 5) is 0. The molecule has 1 unspecified atom stereocenters. The predicted molar refractivity (Wildman–Crippen MR) is 48.5 cm³/mol. The normalized spacial score (nSPS) is 32.2. The summed E-state index contributed by atoms with van der Waals surface area (Å²) in [6, 6.07) is 0. The summed E-state index contributed by atoms with van der Waals surface area (Å²) in [5.41, 5.74) is 6.06. The van der Waals surface area contributed by atoms with Gasteiger partial charge in [-0.3, -0.25) is 0 Å². The maximum absolute atomic E-state index is 5.76. The van der Waals surface area contributed by atoms with E-state index >= 15 is 0 Å². The monoisotopic (exact) mass is 156 g/mol. The summed E-state index contributed by atoms with van der Waals surface area (Å²) in [5, 5.41) is 3.56. The van der Waals surface area contributed by atoms with E-state index in [0.29, 0.717) is 5.54 Å². The first-order chi connectivity index (χ1) is 5.33. The number of nitrogens with one attached hydrogen (secondary N) is 1. The van der Waals surface area contributed by atoms with E-state index in [9.17, 15) is 0 Å². The van der Waals surface area contributed by atoms with Crippen LogP contribution in [0.1, 0.15) is 39.0 Å². The molecule has 0 aliphatic carbocycles. The van der Waals surface area contributed by atoms with Gasteiger partial charge in [0.2, 0.25) is 0 Å². The molecule has 0 radical (unpaired) electrons. The quantitative estimate of drug-likeness (QED) is 0.645. The lowest BCUT2D eigenvalue weighted by Gasteiger charge is -2.37. The zero-order chi connectivity index (χ0) is 8.16. The fourth-order valence-electron chi connectivity index (χ4n) is 2.00. The number of piperidine rings is 1. The molecule has 0 spiro atoms. The van der Waals surface area contributed by atoms with Crippen LogP contribution in [0.4, 0.5) is 0 Å². The van der Waals surface area contributed by atoms with E-state index in [0.717, 1.165) is 13.1 Å². The number of hydrogen-bond acceptors (Lipinski definition) is 2. The lowest BCUT2D eigenvalue weighted by atomic mass is 9.85. The van der Waals surface area contributed by atoms with Crippen LogP contribution in [0.3, 0.4) is 0 Å². The van der Waals surface area contributed by atoms with E-state index < -0.39 is 0 Å². The second kappa shape index (κ2) is 4.07. The molecular formula is C9H20N2. The molecule has 0 bridgehead atoms. The third-order valence-electron chi connectivity index (χ3n) is 2.70. The van der Waals surface area contributed by atoms with E-state index in [2.05, 4.69) is 12.2 Å². The molecule has 1 saturated heterocycles. The van der Waals surface area contributed by atoms with Gasteiger partial charge in [-0.15, -0.1) is 0 Å². The van der Waals surface area contributed by atoms with E-state index in [1.807, 2.05) is 0 Å². The Morgan fingerprint density at radius 2 is 2.27 bits per heavy atom. The molecule has 1 aliphatic heterocycles. The van der Waals surface area contributed by atoms with Gasteiger partial charge in [0.05, 0.1) is 0 Å². The summed E-state index contributed by atoms with van der Waals surface area (Å²) in [6.07, 6.45) is 6.43. The van der Waals surface area contributed by atoms with Gasteiger partial charge in [0.1, 0.15) is 0 Å². The molecule has 0 aromatic rings. The molecular weight excluding hydrogens is 136 g/mol. The Morgan fingerprint density at radius 3 is 2.73 bits per heavy atom. The van der Waals surface area contributed by atoms with E-state index in [1.54, 1.807) is 0 Å². The molecule has 0 amide bonds. The average molecular weight is 156 g/mol. The maximum atomic E-state index is 5.76. The van der Waals surface area contributed by atoms with Crippen LogP contribution in [0.25, 0.3) is 0 Å². The number of nitrogens with two attached hydrogens (primary N) is 1. The highest BCUT2D eigenvalue weighted by Crippen LogP contribution is 2.22. The predicted octanol–water partition coefficient (Wildman–Crippen LogP) is 1.26. The molecule has 0 aromatic carbocycles. The standard InChI is InChI=1S/C9H20N2/c1-2-5-9(8-10)6-3-4-7-11-9/h11H,2-8,10H2,1H3. The third-order valence-corrected chi connectivity index (χ3v) is 2.70. The zero-order valence-electron chi connectivity index (χ0n) is 7.53. The van der Waals surface area contributed by atoms with Gasteiger partial charge >= 0.3 is 0 Å². The van der Waals surface area contributed by atoms with Gasteiger partial charge in [0, 0.05) is 12.1 Å². The molecule has 66 valence electrons. The Labute approximate surface area is 69.5 Å². The third kappa shape index (κ3) is 2.17. The van der Waals surface area contributed by atoms with E-state index in [1.165, 1.54) is 32.1 Å². The van der Waals surface area contributed by atoms with Crippen molar-refractivity contribution in [1.29, 1.82) is 0 Å². The molecule has 1 aliphatic rings. The van der Waals surface area contributed by atoms with E-state index in [4.69, 9.17) is 5.73 Å². The zero-order valence-corrected chi connectivity index (χ0v) is 7.53. The second-order valence-corrected chi connectivity index (χ2v) is 3.62. The molecule has 0 saturated carbocycles. The molecule has 1 rings (SSSR count). The minimum atomic E-state index is 0.299. The lowest BCUT2D eigenvalue weighted by Crippen LogP contribution is -2.53. The highest BCUT2D eigenvalue weighted by Gasteiger charge is 2.28. The van der Waals surface area contributed by atoms with Gasteiger partial charge in [-0.25, -0.2) is 0 Å². The summed E-state index contributed by atoms with van der Waals surface area (Å²) >= 11 is 0. The molecule has 11 heavy (non-hydrogen) atoms. The van der Waals surface area contributed by atoms with Gasteiger partial charge in [-0.05, 0) is 25.8 Å². The minimum Gasteiger partial charge on any atom is -0.329 e. The first-order valence-corrected chi connectivity index (χ1v) is 4.78. The SMILES string of the molecule is CCCC1(CN)CCCCN1. The maximum Gasteiger partial charge on any atom is 0.0303 e. The topological polar surface area (TPSA) is 38.0 Å². The minimum absolute atomic E-state index is 0.299. The molecule has 0 aromatic heterocycles. The van der Waals surface area contributed by atoms with Gasteiger partial charge < -0.3 is 11.1 Å². The Hall–Kier alpha value is -0.0800. The van der Waals surface area contributed by atoms with Crippen LogP contribution in [0.2, 0.25) is 0 Å². The fraction of sp³-hybridized carbons (Fsp3) is 1.00. The van der Waals surface area contributed by atoms with Crippen molar-refractivity contribution in [2.75, 3.05) is 13.1 Å². The smallest absolute Gasteiger partial charge is 0.0303 e. The van der Waals surface area contributed by atoms with Crippen LogP contribution in [-0.2, 0) is 0 Å². The van der Waals surface area contributed by atoms with Crippen molar-refractivity contribution < 1.29 is 0 Å². The molecule has 1 atom stereocenters. The number of rotatable bonds is 3. The molecule has 3 N–H and O–H groups in total. The van der Waals surface area contributed by atoms with Gasteiger partial charge in [-0.1, -0.05) is 19.8 Å². The van der Waals surface area contributed by atoms with Crippen molar-refractivity contribution >= 4 is 0 Å². The second-order valence-electron chi connectivity index (χ2n) is 3.62. The Kier molecular flexibility index (Phi) is 3.34. The van der Waals surface area contributed by atoms with E-state index in [-0.39, 0.29) is 0 Å². The first kappa shape index (κ1) is 9.01. The molecule has 2 heteroatoms. The fourth-order valence-corrected chi connectivity index (χ4v) is 2.00. The van der Waals surface area contributed by atoms with Crippen LogP contribution in [0.5, 0.6) is 0 Å². The first-order valence-electron chi connectivity index (χ1n) is 4.78. The van der Waals surface area contributed by atoms with Crippen LogP contribution in [-0.4, -0.2) is 18.6 Å². The summed E-state index contributed by atoms with van der Waals surface area (Å²) in [5.74, 6) is 0. The van der Waals surface area contributed by atoms with Crippen LogP contribution in [0, 0.1) is 0 Å². The molecule has 1 fully saturated rings. The van der Waals surface area contributed by atoms with Gasteiger partial charge in [0.15, 0.2) is 0 Å². The van der Waals surface area contributed by atoms with Gasteiger partial charge in [-0.2, -0.15) is 0 Å².